The van der Waals surface area contributed by atoms with Crippen LogP contribution in [0.2, 0.25) is 0 Å². The fourth-order valence-electron chi connectivity index (χ4n) is 3.53. The number of halogens is 1. The first-order valence-corrected chi connectivity index (χ1v) is 8.85. The molecule has 0 radical (unpaired) electrons. The Morgan fingerprint density at radius 1 is 1.42 bits per heavy atom. The smallest absolute Gasteiger partial charge is 0.265 e. The predicted octanol–water partition coefficient (Wildman–Crippen LogP) is 2.93. The van der Waals surface area contributed by atoms with E-state index in [4.69, 9.17) is 4.52 Å². The van der Waals surface area contributed by atoms with E-state index in [9.17, 15) is 0 Å². The zero-order valence-corrected chi connectivity index (χ0v) is 14.3. The molecule has 1 unspecified atom stereocenters. The van der Waals surface area contributed by atoms with Gasteiger partial charge in [0.25, 0.3) is 5.89 Å². The highest BCUT2D eigenvalue weighted by molar-refractivity contribution is 5.16. The summed E-state index contributed by atoms with van der Waals surface area (Å²) in [6, 6.07) is 0. The standard InChI is InChI=1S/C17H24FN5O/c1-3-23-12(2)14(9-19-23)10-22-8-4-7-17(18,11-22)16-20-15(21-24-16)13-5-6-13/h9,13H,3-8,10-11H2,1-2H3. The number of piperidine rings is 1. The van der Waals surface area contributed by atoms with Gasteiger partial charge in [-0.1, -0.05) is 5.16 Å². The van der Waals surface area contributed by atoms with Gasteiger partial charge in [-0.2, -0.15) is 10.1 Å². The van der Waals surface area contributed by atoms with Crippen LogP contribution < -0.4 is 0 Å². The number of nitrogens with zero attached hydrogens (tertiary/aromatic N) is 5. The summed E-state index contributed by atoms with van der Waals surface area (Å²) in [5, 5.41) is 8.36. The maximum absolute atomic E-state index is 15.5. The van der Waals surface area contributed by atoms with Gasteiger partial charge in [-0.15, -0.1) is 0 Å². The Hall–Kier alpha value is -1.76. The number of rotatable bonds is 5. The topological polar surface area (TPSA) is 60.0 Å². The van der Waals surface area contributed by atoms with Gasteiger partial charge in [0.05, 0.1) is 6.20 Å². The minimum Gasteiger partial charge on any atom is -0.336 e. The lowest BCUT2D eigenvalue weighted by Crippen LogP contribution is -2.43. The van der Waals surface area contributed by atoms with E-state index in [-0.39, 0.29) is 5.89 Å². The monoisotopic (exact) mass is 333 g/mol. The fraction of sp³-hybridized carbons (Fsp3) is 0.706. The Bertz CT molecular complexity index is 722. The Balaban J connectivity index is 1.48. The predicted molar refractivity (Wildman–Crippen MR) is 86.2 cm³/mol. The molecule has 0 aromatic carbocycles. The van der Waals surface area contributed by atoms with Gasteiger partial charge >= 0.3 is 0 Å². The van der Waals surface area contributed by atoms with E-state index in [0.717, 1.165) is 43.6 Å². The second-order valence-corrected chi connectivity index (χ2v) is 7.08. The lowest BCUT2D eigenvalue weighted by atomic mass is 9.94. The molecule has 1 saturated carbocycles. The summed E-state index contributed by atoms with van der Waals surface area (Å²) in [4.78, 5) is 6.48. The molecule has 2 aromatic heterocycles. The Morgan fingerprint density at radius 3 is 2.96 bits per heavy atom. The van der Waals surface area contributed by atoms with Crippen molar-refractivity contribution in [2.45, 2.75) is 64.2 Å². The molecule has 0 N–H and O–H groups in total. The first-order chi connectivity index (χ1) is 11.6. The summed E-state index contributed by atoms with van der Waals surface area (Å²) in [6.45, 7) is 6.89. The van der Waals surface area contributed by atoms with Gasteiger partial charge in [-0.05, 0) is 46.1 Å². The van der Waals surface area contributed by atoms with Gasteiger partial charge in [0, 0.05) is 36.8 Å². The van der Waals surface area contributed by atoms with Crippen LogP contribution in [0.3, 0.4) is 0 Å². The number of alkyl halides is 1. The number of hydrogen-bond acceptors (Lipinski definition) is 5. The lowest BCUT2D eigenvalue weighted by Gasteiger charge is -2.35. The zero-order chi connectivity index (χ0) is 16.7. The maximum Gasteiger partial charge on any atom is 0.265 e. The third-order valence-corrected chi connectivity index (χ3v) is 5.19. The maximum atomic E-state index is 15.5. The molecule has 1 atom stereocenters. The minimum absolute atomic E-state index is 0.162. The van der Waals surface area contributed by atoms with Gasteiger partial charge in [-0.3, -0.25) is 9.58 Å². The third-order valence-electron chi connectivity index (χ3n) is 5.19. The first-order valence-electron chi connectivity index (χ1n) is 8.85. The molecule has 3 heterocycles. The van der Waals surface area contributed by atoms with Crippen molar-refractivity contribution in [3.8, 4) is 0 Å². The van der Waals surface area contributed by atoms with Crippen LogP contribution in [-0.2, 0) is 18.8 Å². The van der Waals surface area contributed by atoms with Crippen LogP contribution in [0.15, 0.2) is 10.7 Å². The molecule has 0 amide bonds. The van der Waals surface area contributed by atoms with Crippen LogP contribution in [-0.4, -0.2) is 37.9 Å². The normalized spacial score (nSPS) is 25.3. The average Bonchev–Trinajstić information content (AvgIpc) is 3.19. The highest BCUT2D eigenvalue weighted by Gasteiger charge is 2.43. The van der Waals surface area contributed by atoms with Crippen LogP contribution in [0.4, 0.5) is 4.39 Å². The summed E-state index contributed by atoms with van der Waals surface area (Å²) < 4.78 is 22.7. The van der Waals surface area contributed by atoms with E-state index in [1.54, 1.807) is 0 Å². The van der Waals surface area contributed by atoms with E-state index in [2.05, 4.69) is 34.0 Å². The summed E-state index contributed by atoms with van der Waals surface area (Å²) in [5.41, 5.74) is 0.777. The van der Waals surface area contributed by atoms with Crippen LogP contribution in [0, 0.1) is 6.92 Å². The van der Waals surface area contributed by atoms with E-state index in [1.165, 1.54) is 0 Å². The number of hydrogen-bond donors (Lipinski definition) is 0. The molecule has 6 nitrogen and oxygen atoms in total. The van der Waals surface area contributed by atoms with Crippen LogP contribution >= 0.6 is 0 Å². The van der Waals surface area contributed by atoms with Crippen molar-refractivity contribution in [3.05, 3.63) is 29.2 Å². The Labute approximate surface area is 141 Å². The largest absolute Gasteiger partial charge is 0.336 e. The summed E-state index contributed by atoms with van der Waals surface area (Å²) in [7, 11) is 0. The van der Waals surface area contributed by atoms with Crippen molar-refractivity contribution in [3.63, 3.8) is 0 Å². The Kier molecular flexibility index (Phi) is 3.90. The van der Waals surface area contributed by atoms with Crippen molar-refractivity contribution in [1.82, 2.24) is 24.8 Å². The molecule has 7 heteroatoms. The number of aryl methyl sites for hydroxylation is 1. The van der Waals surface area contributed by atoms with Gasteiger partial charge in [-0.25, -0.2) is 4.39 Å². The van der Waals surface area contributed by atoms with E-state index >= 15 is 4.39 Å². The lowest BCUT2D eigenvalue weighted by molar-refractivity contribution is 0.0123. The molecule has 2 fully saturated rings. The van der Waals surface area contributed by atoms with E-state index in [1.807, 2.05) is 10.9 Å². The van der Waals surface area contributed by atoms with Crippen LogP contribution in [0.25, 0.3) is 0 Å². The van der Waals surface area contributed by atoms with Crippen molar-refractivity contribution in [1.29, 1.82) is 0 Å². The van der Waals surface area contributed by atoms with Gasteiger partial charge in [0.2, 0.25) is 5.67 Å². The molecule has 1 aliphatic heterocycles. The highest BCUT2D eigenvalue weighted by Crippen LogP contribution is 2.41. The molecule has 1 saturated heterocycles. The van der Waals surface area contributed by atoms with Crippen LogP contribution in [0.1, 0.15) is 61.5 Å². The van der Waals surface area contributed by atoms with Crippen molar-refractivity contribution in [2.24, 2.45) is 0 Å². The molecular weight excluding hydrogens is 309 g/mol. The van der Waals surface area contributed by atoms with Crippen LogP contribution in [0.5, 0.6) is 0 Å². The fourth-order valence-corrected chi connectivity index (χ4v) is 3.53. The summed E-state index contributed by atoms with van der Waals surface area (Å²) in [6.07, 6.45) is 5.31. The average molecular weight is 333 g/mol. The molecule has 0 bridgehead atoms. The SMILES string of the molecule is CCn1ncc(CN2CCCC(F)(c3nc(C4CC4)no3)C2)c1C. The molecule has 4 rings (SSSR count). The highest BCUT2D eigenvalue weighted by atomic mass is 19.1. The van der Waals surface area contributed by atoms with E-state index in [0.29, 0.717) is 31.3 Å². The number of likely N-dealkylation sites (tertiary alicyclic amines) is 1. The second-order valence-electron chi connectivity index (χ2n) is 7.08. The molecule has 130 valence electrons. The van der Waals surface area contributed by atoms with Gasteiger partial charge in [0.1, 0.15) is 0 Å². The van der Waals surface area contributed by atoms with E-state index < -0.39 is 5.67 Å². The zero-order valence-electron chi connectivity index (χ0n) is 14.3. The molecular formula is C17H24FN5O. The van der Waals surface area contributed by atoms with Crippen molar-refractivity contribution < 1.29 is 8.91 Å². The number of aromatic nitrogens is 4. The molecule has 1 aliphatic carbocycles. The third kappa shape index (κ3) is 2.85. The van der Waals surface area contributed by atoms with Crippen molar-refractivity contribution >= 4 is 0 Å². The second kappa shape index (κ2) is 5.95. The summed E-state index contributed by atoms with van der Waals surface area (Å²) >= 11 is 0. The van der Waals surface area contributed by atoms with Crippen molar-refractivity contribution in [2.75, 3.05) is 13.1 Å². The minimum atomic E-state index is -1.53. The van der Waals surface area contributed by atoms with Gasteiger partial charge < -0.3 is 4.52 Å². The molecule has 0 spiro atoms. The molecule has 2 aromatic rings. The first kappa shape index (κ1) is 15.7. The summed E-state index contributed by atoms with van der Waals surface area (Å²) in [5.74, 6) is 1.22. The quantitative estimate of drug-likeness (QED) is 0.842. The molecule has 24 heavy (non-hydrogen) atoms. The van der Waals surface area contributed by atoms with Gasteiger partial charge in [0.15, 0.2) is 5.82 Å². The Morgan fingerprint density at radius 2 is 2.25 bits per heavy atom. The molecule has 2 aliphatic rings.